The molecule has 2 aromatic rings. The number of nitrogens with two attached hydrogens (primary N) is 1. The molecule has 0 fully saturated rings. The van der Waals surface area contributed by atoms with E-state index in [2.05, 4.69) is 0 Å². The first-order valence-electron chi connectivity index (χ1n) is 7.16. The number of benzene rings is 2. The lowest BCUT2D eigenvalue weighted by atomic mass is 10.1. The van der Waals surface area contributed by atoms with E-state index in [1.54, 1.807) is 12.1 Å². The van der Waals surface area contributed by atoms with Gasteiger partial charge in [-0.1, -0.05) is 42.0 Å². The second kappa shape index (κ2) is 7.37. The molecule has 0 aliphatic rings. The Balaban J connectivity index is 2.18. The summed E-state index contributed by atoms with van der Waals surface area (Å²) >= 11 is 0. The summed E-state index contributed by atoms with van der Waals surface area (Å²) in [5, 5.41) is 9.27. The van der Waals surface area contributed by atoms with Crippen LogP contribution in [0, 0.1) is 12.7 Å². The summed E-state index contributed by atoms with van der Waals surface area (Å²) in [5.74, 6) is -2.48. The Hall–Kier alpha value is -3.21. The summed E-state index contributed by atoms with van der Waals surface area (Å²) in [6, 6.07) is 11.1. The first-order valence-corrected chi connectivity index (χ1v) is 7.16. The van der Waals surface area contributed by atoms with Crippen LogP contribution in [0.15, 0.2) is 54.3 Å². The predicted molar refractivity (Wildman–Crippen MR) is 90.7 cm³/mol. The minimum atomic E-state index is -0.997. The number of aliphatic hydroxyl groups excluding tert-OH is 1. The van der Waals surface area contributed by atoms with Crippen LogP contribution in [0.3, 0.4) is 0 Å². The monoisotopic (exact) mass is 325 g/mol. The van der Waals surface area contributed by atoms with E-state index in [4.69, 9.17) is 5.73 Å². The maximum absolute atomic E-state index is 14.0. The fourth-order valence-electron chi connectivity index (χ4n) is 1.98. The molecule has 2 rings (SSSR count). The Bertz CT molecular complexity index is 836. The highest BCUT2D eigenvalue weighted by Gasteiger charge is 2.05. The number of carbonyl (C=O) groups is 2. The van der Waals surface area contributed by atoms with E-state index in [-0.39, 0.29) is 16.9 Å². The molecule has 24 heavy (non-hydrogen) atoms. The van der Waals surface area contributed by atoms with Crippen molar-refractivity contribution in [2.45, 2.75) is 6.92 Å². The van der Waals surface area contributed by atoms with Crippen LogP contribution >= 0.6 is 0 Å². The van der Waals surface area contributed by atoms with Gasteiger partial charge in [-0.25, -0.2) is 4.39 Å². The highest BCUT2D eigenvalue weighted by Crippen LogP contribution is 2.15. The summed E-state index contributed by atoms with van der Waals surface area (Å²) in [6.07, 6.45) is 3.73. The first-order chi connectivity index (χ1) is 11.4. The Labute approximate surface area is 138 Å². The number of aliphatic hydroxyl groups is 1. The third kappa shape index (κ3) is 4.39. The average molecular weight is 325 g/mol. The number of rotatable bonds is 5. The van der Waals surface area contributed by atoms with Crippen molar-refractivity contribution in [3.8, 4) is 0 Å². The number of allylic oxidation sites excluding steroid dienone is 1. The summed E-state index contributed by atoms with van der Waals surface area (Å²) in [5.41, 5.74) is 6.96. The molecule has 5 heteroatoms. The SMILES string of the molecule is Cc1ccc(C(=O)C=Cc2ccc(C=C(O)C(N)=O)cc2F)cc1. The number of ketones is 1. The zero-order valence-corrected chi connectivity index (χ0v) is 13.0. The topological polar surface area (TPSA) is 80.4 Å². The molecule has 0 aliphatic carbocycles. The molecule has 0 radical (unpaired) electrons. The second-order valence-corrected chi connectivity index (χ2v) is 5.24. The van der Waals surface area contributed by atoms with Crippen molar-refractivity contribution in [1.29, 1.82) is 0 Å². The summed E-state index contributed by atoms with van der Waals surface area (Å²) < 4.78 is 14.0. The van der Waals surface area contributed by atoms with Gasteiger partial charge in [-0.2, -0.15) is 0 Å². The minimum absolute atomic E-state index is 0.214. The van der Waals surface area contributed by atoms with Crippen molar-refractivity contribution in [3.63, 3.8) is 0 Å². The molecular weight excluding hydrogens is 309 g/mol. The van der Waals surface area contributed by atoms with Gasteiger partial charge in [0.15, 0.2) is 11.5 Å². The van der Waals surface area contributed by atoms with Crippen LogP contribution in [0.2, 0.25) is 0 Å². The molecule has 0 aliphatic heterocycles. The number of primary amides is 1. The fourth-order valence-corrected chi connectivity index (χ4v) is 1.98. The second-order valence-electron chi connectivity index (χ2n) is 5.24. The van der Waals surface area contributed by atoms with Gasteiger partial charge in [-0.05, 0) is 36.8 Å². The molecule has 0 aromatic heterocycles. The standard InChI is InChI=1S/C19H16FNO3/c1-12-2-5-15(6-3-12)17(22)9-8-14-7-4-13(10-16(14)20)11-18(23)19(21)24/h2-11,23H,1H3,(H2,21,24). The molecule has 1 amide bonds. The molecule has 0 spiro atoms. The van der Waals surface area contributed by atoms with Gasteiger partial charge in [0.05, 0.1) is 0 Å². The van der Waals surface area contributed by atoms with Crippen LogP contribution in [-0.4, -0.2) is 16.8 Å². The maximum Gasteiger partial charge on any atom is 0.283 e. The van der Waals surface area contributed by atoms with Crippen molar-refractivity contribution >= 4 is 23.8 Å². The smallest absolute Gasteiger partial charge is 0.283 e. The number of hydrogen-bond donors (Lipinski definition) is 2. The quantitative estimate of drug-likeness (QED) is 0.502. The van der Waals surface area contributed by atoms with Crippen LogP contribution in [0.1, 0.15) is 27.0 Å². The number of hydrogen-bond acceptors (Lipinski definition) is 3. The van der Waals surface area contributed by atoms with Crippen LogP contribution in [-0.2, 0) is 4.79 Å². The maximum atomic E-state index is 14.0. The molecule has 122 valence electrons. The third-order valence-corrected chi connectivity index (χ3v) is 3.33. The number of amides is 1. The van der Waals surface area contributed by atoms with Crippen LogP contribution in [0.4, 0.5) is 4.39 Å². The normalized spacial score (nSPS) is 11.7. The predicted octanol–water partition coefficient (Wildman–Crippen LogP) is 3.41. The Morgan fingerprint density at radius 3 is 2.38 bits per heavy atom. The van der Waals surface area contributed by atoms with Gasteiger partial charge in [-0.3, -0.25) is 9.59 Å². The zero-order chi connectivity index (χ0) is 17.7. The van der Waals surface area contributed by atoms with Crippen LogP contribution in [0.25, 0.3) is 12.2 Å². The van der Waals surface area contributed by atoms with E-state index in [0.717, 1.165) is 17.7 Å². The first kappa shape index (κ1) is 17.1. The largest absolute Gasteiger partial charge is 0.503 e. The van der Waals surface area contributed by atoms with Crippen molar-refractivity contribution in [2.24, 2.45) is 5.73 Å². The summed E-state index contributed by atoms with van der Waals surface area (Å²) in [4.78, 5) is 22.8. The van der Waals surface area contributed by atoms with Gasteiger partial charge in [0.2, 0.25) is 0 Å². The molecule has 4 nitrogen and oxygen atoms in total. The van der Waals surface area contributed by atoms with E-state index < -0.39 is 17.5 Å². The summed E-state index contributed by atoms with van der Waals surface area (Å²) in [6.45, 7) is 1.92. The number of aryl methyl sites for hydroxylation is 1. The molecule has 0 saturated carbocycles. The molecule has 0 heterocycles. The van der Waals surface area contributed by atoms with Gasteiger partial charge in [0.25, 0.3) is 5.91 Å². The lowest BCUT2D eigenvalue weighted by Gasteiger charge is -2.01. The van der Waals surface area contributed by atoms with E-state index >= 15 is 0 Å². The highest BCUT2D eigenvalue weighted by molar-refractivity contribution is 6.06. The molecule has 0 atom stereocenters. The van der Waals surface area contributed by atoms with Gasteiger partial charge in [0, 0.05) is 11.1 Å². The van der Waals surface area contributed by atoms with Gasteiger partial charge < -0.3 is 10.8 Å². The summed E-state index contributed by atoms with van der Waals surface area (Å²) in [7, 11) is 0. The van der Waals surface area contributed by atoms with E-state index in [0.29, 0.717) is 5.56 Å². The third-order valence-electron chi connectivity index (χ3n) is 3.33. The highest BCUT2D eigenvalue weighted by atomic mass is 19.1. The van der Waals surface area contributed by atoms with Gasteiger partial charge >= 0.3 is 0 Å². The minimum Gasteiger partial charge on any atom is -0.503 e. The fraction of sp³-hybridized carbons (Fsp3) is 0.0526. The molecular formula is C19H16FNO3. The van der Waals surface area contributed by atoms with Crippen LogP contribution in [0.5, 0.6) is 0 Å². The van der Waals surface area contributed by atoms with E-state index in [1.165, 1.54) is 24.3 Å². The van der Waals surface area contributed by atoms with Crippen molar-refractivity contribution in [1.82, 2.24) is 0 Å². The number of halogens is 1. The lowest BCUT2D eigenvalue weighted by Crippen LogP contribution is -2.13. The zero-order valence-electron chi connectivity index (χ0n) is 13.0. The average Bonchev–Trinajstić information content (AvgIpc) is 2.54. The Morgan fingerprint density at radius 2 is 1.79 bits per heavy atom. The van der Waals surface area contributed by atoms with Crippen molar-refractivity contribution in [2.75, 3.05) is 0 Å². The van der Waals surface area contributed by atoms with Gasteiger partial charge in [0.1, 0.15) is 5.82 Å². The Morgan fingerprint density at radius 1 is 1.12 bits per heavy atom. The molecule has 0 saturated heterocycles. The molecule has 0 bridgehead atoms. The molecule has 3 N–H and O–H groups in total. The molecule has 0 unspecified atom stereocenters. The van der Waals surface area contributed by atoms with Crippen molar-refractivity contribution < 1.29 is 19.1 Å². The van der Waals surface area contributed by atoms with Crippen molar-refractivity contribution in [3.05, 3.63) is 82.4 Å². The van der Waals surface area contributed by atoms with E-state index in [1.807, 2.05) is 19.1 Å². The van der Waals surface area contributed by atoms with E-state index in [9.17, 15) is 19.1 Å². The van der Waals surface area contributed by atoms with Crippen LogP contribution < -0.4 is 5.73 Å². The lowest BCUT2D eigenvalue weighted by molar-refractivity contribution is -0.116. The van der Waals surface area contributed by atoms with Gasteiger partial charge in [-0.15, -0.1) is 0 Å². The number of carbonyl (C=O) groups excluding carboxylic acids is 2. The molecule has 2 aromatic carbocycles. The Kier molecular flexibility index (Phi) is 5.27.